The van der Waals surface area contributed by atoms with Crippen LogP contribution in [0.4, 0.5) is 45.5 Å². The number of para-hydroxylation sites is 1. The molecule has 1 fully saturated rings. The van der Waals surface area contributed by atoms with Crippen molar-refractivity contribution in [3.63, 3.8) is 0 Å². The van der Waals surface area contributed by atoms with Gasteiger partial charge in [-0.3, -0.25) is 0 Å². The molecule has 0 radical (unpaired) electrons. The molecule has 81 heavy (non-hydrogen) atoms. The van der Waals surface area contributed by atoms with Gasteiger partial charge in [-0.1, -0.05) is 180 Å². The molecule has 422 valence electrons. The summed E-state index contributed by atoms with van der Waals surface area (Å²) in [6.07, 6.45) is 9.53. The molecule has 1 saturated carbocycles. The monoisotopic (exact) mass is 1090 g/mol. The van der Waals surface area contributed by atoms with Gasteiger partial charge in [0.1, 0.15) is 0 Å². The van der Waals surface area contributed by atoms with Crippen molar-refractivity contribution in [3.05, 3.63) is 165 Å². The maximum Gasteiger partial charge on any atom is 0.259 e. The predicted molar refractivity (Wildman–Crippen MR) is 353 cm³/mol. The minimum atomic E-state index is 0.0255. The third-order valence-electron chi connectivity index (χ3n) is 22.5. The summed E-state index contributed by atoms with van der Waals surface area (Å²) in [5.41, 5.74) is 25.6. The normalized spacial score (nSPS) is 24.2. The molecular formula is C76H94BN3S. The summed E-state index contributed by atoms with van der Waals surface area (Å²) in [6.45, 7) is 47.6. The van der Waals surface area contributed by atoms with Crippen molar-refractivity contribution >= 4 is 74.9 Å². The Bertz CT molecular complexity index is 3600. The van der Waals surface area contributed by atoms with Crippen molar-refractivity contribution < 1.29 is 0 Å². The molecule has 6 aromatic rings. The van der Waals surface area contributed by atoms with Crippen molar-refractivity contribution in [2.45, 2.75) is 226 Å². The topological polar surface area (TPSA) is 9.72 Å². The highest BCUT2D eigenvalue weighted by Gasteiger charge is 2.60. The lowest BCUT2D eigenvalue weighted by Gasteiger charge is -2.52. The molecule has 3 heterocycles. The summed E-state index contributed by atoms with van der Waals surface area (Å²) in [5.74, 6) is 0.345. The van der Waals surface area contributed by atoms with E-state index in [9.17, 15) is 0 Å². The number of anilines is 8. The van der Waals surface area contributed by atoms with Crippen LogP contribution in [-0.4, -0.2) is 12.0 Å². The first-order valence-electron chi connectivity index (χ1n) is 31.4. The molecule has 3 aliphatic heterocycles. The van der Waals surface area contributed by atoms with E-state index in [0.717, 1.165) is 5.69 Å². The Morgan fingerprint density at radius 1 is 0.432 bits per heavy atom. The van der Waals surface area contributed by atoms with Crippen molar-refractivity contribution in [2.24, 2.45) is 16.7 Å². The Morgan fingerprint density at radius 2 is 0.877 bits per heavy atom. The first-order valence-corrected chi connectivity index (χ1v) is 32.2. The fraction of sp³-hybridized carbons (Fsp3) is 0.500. The third-order valence-corrected chi connectivity index (χ3v) is 24.4. The Labute approximate surface area is 494 Å². The number of fused-ring (bicyclic) bond motifs is 8. The number of hydrogen-bond donors (Lipinski definition) is 0. The van der Waals surface area contributed by atoms with Crippen LogP contribution in [0.1, 0.15) is 222 Å². The fourth-order valence-electron chi connectivity index (χ4n) is 16.6. The molecule has 0 aromatic heterocycles. The van der Waals surface area contributed by atoms with E-state index in [1.807, 2.05) is 0 Å². The summed E-state index contributed by atoms with van der Waals surface area (Å²) in [7, 11) is 0. The molecule has 6 aromatic carbocycles. The quantitative estimate of drug-likeness (QED) is 0.159. The van der Waals surface area contributed by atoms with Gasteiger partial charge in [-0.25, -0.2) is 0 Å². The zero-order valence-corrected chi connectivity index (χ0v) is 53.9. The van der Waals surface area contributed by atoms with Crippen molar-refractivity contribution in [3.8, 4) is 0 Å². The van der Waals surface area contributed by atoms with Crippen molar-refractivity contribution in [2.75, 3.05) is 14.7 Å². The standard InChI is InChI=1S/C76H94BN3S/c1-68(2,3)47-25-27-49(28-26-47)78(48-23-21-20-22-24-48)52-43-61-64-62(44-52)80(51-30-32-54-56(42-51)72(10,11)36-34-70(54,6)7)65-63-66(76(18,19)40-39-75(63,16)17)81-67(65)77(64)59-45-57-58(74(14,15)38-37-73(57,12)13)46-60(59)79(61)50-29-31-53-55(41-50)71(8,9)35-33-69(53,4)5/h20-32,41-46,63,66H,33-40H2,1-19H3. The predicted octanol–water partition coefficient (Wildman–Crippen LogP) is 20.4. The molecule has 0 bridgehead atoms. The summed E-state index contributed by atoms with van der Waals surface area (Å²) < 4.78 is 0. The highest BCUT2D eigenvalue weighted by molar-refractivity contribution is 8.06. The van der Waals surface area contributed by atoms with Crippen LogP contribution in [0.2, 0.25) is 0 Å². The summed E-state index contributed by atoms with van der Waals surface area (Å²) in [4.78, 5) is 9.85. The maximum atomic E-state index is 2.89. The second kappa shape index (κ2) is 17.7. The molecule has 0 amide bonds. The van der Waals surface area contributed by atoms with Crippen molar-refractivity contribution in [1.29, 1.82) is 0 Å². The van der Waals surface area contributed by atoms with E-state index in [1.54, 1.807) is 16.1 Å². The van der Waals surface area contributed by atoms with E-state index >= 15 is 0 Å². The molecular weight excluding hydrogens is 998 g/mol. The number of nitrogens with zero attached hydrogens (tertiary/aromatic N) is 3. The number of thioether (sulfide) groups is 1. The maximum absolute atomic E-state index is 2.89. The second-order valence-corrected chi connectivity index (χ2v) is 34.1. The van der Waals surface area contributed by atoms with Gasteiger partial charge in [0.05, 0.1) is 5.69 Å². The van der Waals surface area contributed by atoms with Crippen LogP contribution >= 0.6 is 11.8 Å². The van der Waals surface area contributed by atoms with Gasteiger partial charge < -0.3 is 14.7 Å². The average molecular weight is 1090 g/mol. The first-order chi connectivity index (χ1) is 37.7. The lowest BCUT2D eigenvalue weighted by atomic mass is 9.35. The van der Waals surface area contributed by atoms with Gasteiger partial charge in [-0.2, -0.15) is 0 Å². The van der Waals surface area contributed by atoms with E-state index in [2.05, 4.69) is 273 Å². The van der Waals surface area contributed by atoms with E-state index in [1.165, 1.54) is 135 Å². The Hall–Kier alpha value is -5.13. The van der Waals surface area contributed by atoms with Crippen LogP contribution in [0, 0.1) is 16.7 Å². The zero-order valence-electron chi connectivity index (χ0n) is 53.1. The van der Waals surface area contributed by atoms with Gasteiger partial charge in [0.2, 0.25) is 0 Å². The van der Waals surface area contributed by atoms with Gasteiger partial charge in [-0.15, -0.1) is 11.8 Å². The molecule has 13 rings (SSSR count). The van der Waals surface area contributed by atoms with Crippen LogP contribution in [-0.2, 0) is 37.9 Å². The van der Waals surface area contributed by atoms with Gasteiger partial charge in [0.15, 0.2) is 0 Å². The lowest BCUT2D eigenvalue weighted by Crippen LogP contribution is -2.56. The fourth-order valence-corrected chi connectivity index (χ4v) is 18.7. The van der Waals surface area contributed by atoms with Crippen LogP contribution in [0.5, 0.6) is 0 Å². The smallest absolute Gasteiger partial charge is 0.259 e. The van der Waals surface area contributed by atoms with Gasteiger partial charge in [0, 0.05) is 56.7 Å². The highest BCUT2D eigenvalue weighted by atomic mass is 32.2. The van der Waals surface area contributed by atoms with Crippen molar-refractivity contribution in [1.82, 2.24) is 0 Å². The van der Waals surface area contributed by atoms with Gasteiger partial charge in [-0.05, 0) is 222 Å². The number of hydrogen-bond acceptors (Lipinski definition) is 4. The van der Waals surface area contributed by atoms with Crippen LogP contribution < -0.4 is 25.6 Å². The number of allylic oxidation sites excluding steroid dienone is 1. The molecule has 3 nitrogen and oxygen atoms in total. The minimum absolute atomic E-state index is 0.0255. The highest BCUT2D eigenvalue weighted by Crippen LogP contribution is 2.66. The SMILES string of the molecule is CC(C)(C)c1ccc(N(c2ccccc2)c2cc3c4c(c2)N(c2ccc5c(c2)C(C)(C)CCC5(C)C)c2cc5c(cc2B4C2=C(C4C(S2)C(C)(C)CCC4(C)C)N3c2ccc3c(c2)C(C)(C)CCC3(C)C)C(C)(C)CCC5(C)C)cc1. The van der Waals surface area contributed by atoms with Crippen LogP contribution in [0.3, 0.4) is 0 Å². The van der Waals surface area contributed by atoms with E-state index in [-0.39, 0.29) is 55.4 Å². The molecule has 5 heteroatoms. The molecule has 4 aliphatic carbocycles. The summed E-state index contributed by atoms with van der Waals surface area (Å²) in [6, 6.07) is 47.1. The molecule has 2 atom stereocenters. The van der Waals surface area contributed by atoms with Gasteiger partial charge in [0.25, 0.3) is 6.71 Å². The second-order valence-electron chi connectivity index (χ2n) is 32.9. The molecule has 2 unspecified atom stereocenters. The average Bonchev–Trinajstić information content (AvgIpc) is 2.01. The van der Waals surface area contributed by atoms with E-state index < -0.39 is 0 Å². The van der Waals surface area contributed by atoms with Crippen LogP contribution in [0.25, 0.3) is 0 Å². The number of benzene rings is 6. The third kappa shape index (κ3) is 8.45. The summed E-state index contributed by atoms with van der Waals surface area (Å²) in [5, 5.41) is 0.432. The zero-order chi connectivity index (χ0) is 57.7. The largest absolute Gasteiger partial charge is 0.314 e. The molecule has 7 aliphatic rings. The summed E-state index contributed by atoms with van der Waals surface area (Å²) >= 11 is 2.29. The Balaban J connectivity index is 1.20. The molecule has 0 spiro atoms. The lowest BCUT2D eigenvalue weighted by molar-refractivity contribution is 0.0881. The molecule has 0 saturated heterocycles. The number of rotatable bonds is 5. The Morgan fingerprint density at radius 3 is 1.40 bits per heavy atom. The van der Waals surface area contributed by atoms with E-state index in [4.69, 9.17) is 0 Å². The van der Waals surface area contributed by atoms with E-state index in [0.29, 0.717) is 11.2 Å². The first kappa shape index (κ1) is 55.1. The van der Waals surface area contributed by atoms with Crippen LogP contribution in [0.15, 0.2) is 126 Å². The molecule has 0 N–H and O–H groups in total. The minimum Gasteiger partial charge on any atom is -0.314 e. The Kier molecular flexibility index (Phi) is 12.0. The van der Waals surface area contributed by atoms with Gasteiger partial charge >= 0.3 is 0 Å².